The molecule has 1 aliphatic rings. The number of halogens is 1. The van der Waals surface area contributed by atoms with Crippen molar-refractivity contribution in [3.8, 4) is 5.75 Å². The molecule has 8 nitrogen and oxygen atoms in total. The van der Waals surface area contributed by atoms with Crippen LogP contribution in [0.1, 0.15) is 33.3 Å². The molecule has 1 atom stereocenters. The van der Waals surface area contributed by atoms with Gasteiger partial charge in [-0.2, -0.15) is 0 Å². The highest BCUT2D eigenvalue weighted by atomic mass is 35.5. The number of likely N-dealkylation sites (N-methyl/N-ethyl adjacent to an activating group) is 1. The zero-order chi connectivity index (χ0) is 24.8. The molecular formula is C25H27ClN4O4S. The van der Waals surface area contributed by atoms with E-state index in [0.29, 0.717) is 42.5 Å². The Morgan fingerprint density at radius 3 is 2.77 bits per heavy atom. The standard InChI is InChI=1S/C25H27ClN4O4S/c1-27-25(32)33-12-9-21(22-4-3-13-35-22)34-18-7-5-17(6-8-18)16-30-11-10-29(2)20-14-23(26)28-15-19(20)24(30)31/h3-8,13-15,21H,9-12,16H2,1-2H3,(H,27,32). The summed E-state index contributed by atoms with van der Waals surface area (Å²) in [6.07, 6.45) is 1.38. The van der Waals surface area contributed by atoms with Gasteiger partial charge in [0.15, 0.2) is 0 Å². The van der Waals surface area contributed by atoms with Crippen molar-refractivity contribution in [2.24, 2.45) is 0 Å². The number of ether oxygens (including phenoxy) is 2. The fourth-order valence-corrected chi connectivity index (χ4v) is 4.78. The summed E-state index contributed by atoms with van der Waals surface area (Å²) >= 11 is 7.64. The lowest BCUT2D eigenvalue weighted by Gasteiger charge is -2.22. The smallest absolute Gasteiger partial charge is 0.406 e. The average molecular weight is 515 g/mol. The van der Waals surface area contributed by atoms with E-state index < -0.39 is 6.09 Å². The molecule has 1 N–H and O–H groups in total. The lowest BCUT2D eigenvalue weighted by atomic mass is 10.1. The number of carbonyl (C=O) groups is 2. The summed E-state index contributed by atoms with van der Waals surface area (Å²) in [5, 5.41) is 4.80. The number of rotatable bonds is 8. The first-order valence-corrected chi connectivity index (χ1v) is 12.5. The van der Waals surface area contributed by atoms with Crippen LogP contribution in [0, 0.1) is 0 Å². The van der Waals surface area contributed by atoms with E-state index >= 15 is 0 Å². The highest BCUT2D eigenvalue weighted by Crippen LogP contribution is 2.30. The molecule has 0 saturated carbocycles. The van der Waals surface area contributed by atoms with E-state index in [9.17, 15) is 9.59 Å². The topological polar surface area (TPSA) is 84.0 Å². The fraction of sp³-hybridized carbons (Fsp3) is 0.320. The Bertz CT molecular complexity index is 1160. The number of carbonyl (C=O) groups excluding carboxylic acids is 2. The Balaban J connectivity index is 1.42. The molecule has 2 amide bonds. The van der Waals surface area contributed by atoms with Gasteiger partial charge in [0.1, 0.15) is 17.0 Å². The van der Waals surface area contributed by atoms with Gasteiger partial charge < -0.3 is 24.6 Å². The zero-order valence-corrected chi connectivity index (χ0v) is 21.1. The summed E-state index contributed by atoms with van der Waals surface area (Å²) in [5.41, 5.74) is 2.34. The van der Waals surface area contributed by atoms with E-state index in [0.717, 1.165) is 16.1 Å². The van der Waals surface area contributed by atoms with Crippen LogP contribution < -0.4 is 15.0 Å². The number of nitrogens with one attached hydrogen (secondary N) is 1. The molecule has 4 rings (SSSR count). The Morgan fingerprint density at radius 2 is 2.06 bits per heavy atom. The normalized spacial score (nSPS) is 14.2. The number of aromatic nitrogens is 1. The number of hydrogen-bond donors (Lipinski definition) is 1. The molecule has 3 heterocycles. The molecule has 0 saturated heterocycles. The highest BCUT2D eigenvalue weighted by Gasteiger charge is 2.26. The minimum absolute atomic E-state index is 0.0669. The number of benzene rings is 1. The predicted molar refractivity (Wildman–Crippen MR) is 136 cm³/mol. The number of amides is 2. The van der Waals surface area contributed by atoms with Crippen LogP contribution in [0.15, 0.2) is 54.0 Å². The van der Waals surface area contributed by atoms with Crippen molar-refractivity contribution < 1.29 is 19.1 Å². The summed E-state index contributed by atoms with van der Waals surface area (Å²) < 4.78 is 11.4. The third-order valence-electron chi connectivity index (χ3n) is 5.74. The van der Waals surface area contributed by atoms with Crippen molar-refractivity contribution in [2.45, 2.75) is 19.1 Å². The second-order valence-corrected chi connectivity index (χ2v) is 9.48. The van der Waals surface area contributed by atoms with Crippen LogP contribution in [0.25, 0.3) is 0 Å². The fourth-order valence-electron chi connectivity index (χ4n) is 3.84. The second-order valence-electron chi connectivity index (χ2n) is 8.11. The molecular weight excluding hydrogens is 488 g/mol. The quantitative estimate of drug-likeness (QED) is 0.436. The van der Waals surface area contributed by atoms with Gasteiger partial charge in [-0.3, -0.25) is 4.79 Å². The summed E-state index contributed by atoms with van der Waals surface area (Å²) in [7, 11) is 3.47. The predicted octanol–water partition coefficient (Wildman–Crippen LogP) is 4.75. The molecule has 1 aliphatic heterocycles. The van der Waals surface area contributed by atoms with E-state index in [-0.39, 0.29) is 18.6 Å². The number of nitrogens with zero attached hydrogens (tertiary/aromatic N) is 3. The summed E-state index contributed by atoms with van der Waals surface area (Å²) in [5.74, 6) is 0.640. The van der Waals surface area contributed by atoms with Crippen LogP contribution >= 0.6 is 22.9 Å². The zero-order valence-electron chi connectivity index (χ0n) is 19.6. The largest absolute Gasteiger partial charge is 0.485 e. The second kappa shape index (κ2) is 11.4. The monoisotopic (exact) mass is 514 g/mol. The molecule has 1 aromatic carbocycles. The number of hydrogen-bond acceptors (Lipinski definition) is 7. The third-order valence-corrected chi connectivity index (χ3v) is 6.91. The number of fused-ring (bicyclic) bond motifs is 1. The van der Waals surface area contributed by atoms with Gasteiger partial charge in [-0.25, -0.2) is 9.78 Å². The van der Waals surface area contributed by atoms with Crippen LogP contribution in [0.2, 0.25) is 5.15 Å². The summed E-state index contributed by atoms with van der Waals surface area (Å²) in [4.78, 5) is 33.5. The molecule has 3 aromatic rings. The third kappa shape index (κ3) is 6.23. The van der Waals surface area contributed by atoms with E-state index in [4.69, 9.17) is 21.1 Å². The highest BCUT2D eigenvalue weighted by molar-refractivity contribution is 7.10. The maximum atomic E-state index is 13.2. The molecule has 35 heavy (non-hydrogen) atoms. The van der Waals surface area contributed by atoms with Crippen molar-refractivity contribution >= 4 is 40.6 Å². The van der Waals surface area contributed by atoms with Gasteiger partial charge in [-0.05, 0) is 35.2 Å². The first-order valence-electron chi connectivity index (χ1n) is 11.2. The molecule has 0 fully saturated rings. The van der Waals surface area contributed by atoms with Crippen LogP contribution in [0.4, 0.5) is 10.5 Å². The van der Waals surface area contributed by atoms with E-state index in [1.165, 1.54) is 7.05 Å². The molecule has 0 radical (unpaired) electrons. The lowest BCUT2D eigenvalue weighted by Crippen LogP contribution is -2.33. The van der Waals surface area contributed by atoms with Crippen molar-refractivity contribution in [1.29, 1.82) is 0 Å². The van der Waals surface area contributed by atoms with Gasteiger partial charge in [0.25, 0.3) is 5.91 Å². The van der Waals surface area contributed by atoms with Gasteiger partial charge in [0.05, 0.1) is 17.9 Å². The lowest BCUT2D eigenvalue weighted by molar-refractivity contribution is 0.0754. The van der Waals surface area contributed by atoms with Gasteiger partial charge in [-0.1, -0.05) is 29.8 Å². The Hall–Kier alpha value is -3.30. The molecule has 184 valence electrons. The van der Waals surface area contributed by atoms with Crippen molar-refractivity contribution in [3.05, 3.63) is 75.2 Å². The van der Waals surface area contributed by atoms with Crippen LogP contribution in [-0.2, 0) is 11.3 Å². The van der Waals surface area contributed by atoms with Crippen molar-refractivity contribution in [2.75, 3.05) is 38.7 Å². The van der Waals surface area contributed by atoms with Gasteiger partial charge in [0, 0.05) is 51.2 Å². The molecule has 0 aliphatic carbocycles. The van der Waals surface area contributed by atoms with E-state index in [2.05, 4.69) is 10.3 Å². The minimum Gasteiger partial charge on any atom is -0.485 e. The van der Waals surface area contributed by atoms with Crippen molar-refractivity contribution in [1.82, 2.24) is 15.2 Å². The number of alkyl carbamates (subject to hydrolysis) is 1. The number of pyridine rings is 1. The van der Waals surface area contributed by atoms with Crippen LogP contribution in [-0.4, -0.2) is 55.7 Å². The van der Waals surface area contributed by atoms with Crippen LogP contribution in [0.3, 0.4) is 0 Å². The molecule has 0 bridgehead atoms. The van der Waals surface area contributed by atoms with Gasteiger partial charge in [-0.15, -0.1) is 11.3 Å². The summed E-state index contributed by atoms with van der Waals surface area (Å²) in [6, 6.07) is 13.4. The Morgan fingerprint density at radius 1 is 1.26 bits per heavy atom. The van der Waals surface area contributed by atoms with Crippen LogP contribution in [0.5, 0.6) is 5.75 Å². The van der Waals surface area contributed by atoms with E-state index in [1.807, 2.05) is 58.6 Å². The average Bonchev–Trinajstić information content (AvgIpc) is 3.37. The maximum Gasteiger partial charge on any atom is 0.406 e. The Labute approximate surface area is 213 Å². The molecule has 1 unspecified atom stereocenters. The molecule has 0 spiro atoms. The minimum atomic E-state index is -0.463. The molecule has 2 aromatic heterocycles. The van der Waals surface area contributed by atoms with Gasteiger partial charge in [0.2, 0.25) is 0 Å². The summed E-state index contributed by atoms with van der Waals surface area (Å²) in [6.45, 7) is 2.00. The molecule has 10 heteroatoms. The number of anilines is 1. The van der Waals surface area contributed by atoms with Gasteiger partial charge >= 0.3 is 6.09 Å². The SMILES string of the molecule is CNC(=O)OCCC(Oc1ccc(CN2CCN(C)c3cc(Cl)ncc3C2=O)cc1)c1cccs1. The maximum absolute atomic E-state index is 13.2. The first-order chi connectivity index (χ1) is 16.9. The van der Waals surface area contributed by atoms with Crippen molar-refractivity contribution in [3.63, 3.8) is 0 Å². The number of thiophene rings is 1. The Kier molecular flexibility index (Phi) is 8.09. The first kappa shape index (κ1) is 24.8. The van der Waals surface area contributed by atoms with E-state index in [1.54, 1.807) is 23.6 Å².